The summed E-state index contributed by atoms with van der Waals surface area (Å²) in [5, 5.41) is 2.48. The van der Waals surface area contributed by atoms with Crippen molar-refractivity contribution in [2.75, 3.05) is 7.05 Å². The van der Waals surface area contributed by atoms with Gasteiger partial charge in [0.1, 0.15) is 5.82 Å². The molecule has 0 spiro atoms. The van der Waals surface area contributed by atoms with E-state index in [9.17, 15) is 27.2 Å². The van der Waals surface area contributed by atoms with Crippen LogP contribution < -0.4 is 5.32 Å². The number of rotatable bonds is 5. The van der Waals surface area contributed by atoms with Gasteiger partial charge in [-0.2, -0.15) is 13.2 Å². The maximum Gasteiger partial charge on any atom is 0.419 e. The molecule has 0 aliphatic carbocycles. The molecule has 2 aromatic rings. The Morgan fingerprint density at radius 3 is 2.14 bits per heavy atom. The second-order valence-electron chi connectivity index (χ2n) is 6.58. The Kier molecular flexibility index (Phi) is 6.43. The SMILES string of the molecule is CC(C)N(C)C(=O)c1ccc(CNC(=O)c2ccc(F)c(C(F)(F)F)c2)cc1. The van der Waals surface area contributed by atoms with Crippen molar-refractivity contribution in [3.8, 4) is 0 Å². The highest BCUT2D eigenvalue weighted by atomic mass is 19.4. The van der Waals surface area contributed by atoms with Crippen molar-refractivity contribution in [3.05, 3.63) is 70.5 Å². The molecule has 1 N–H and O–H groups in total. The fourth-order valence-electron chi connectivity index (χ4n) is 2.37. The molecule has 0 aliphatic heterocycles. The quantitative estimate of drug-likeness (QED) is 0.768. The molecule has 0 aromatic heterocycles. The van der Waals surface area contributed by atoms with Crippen LogP contribution in [0.15, 0.2) is 42.5 Å². The molecule has 0 bridgehead atoms. The topological polar surface area (TPSA) is 49.4 Å². The molecule has 0 saturated heterocycles. The lowest BCUT2D eigenvalue weighted by Crippen LogP contribution is -2.32. The Bertz CT molecular complexity index is 861. The van der Waals surface area contributed by atoms with Gasteiger partial charge in [-0.05, 0) is 49.7 Å². The Morgan fingerprint density at radius 1 is 1.04 bits per heavy atom. The molecular formula is C20H20F4N2O2. The molecule has 0 radical (unpaired) electrons. The van der Waals surface area contributed by atoms with E-state index in [1.807, 2.05) is 13.8 Å². The van der Waals surface area contributed by atoms with Crippen molar-refractivity contribution in [1.82, 2.24) is 10.2 Å². The first-order valence-electron chi connectivity index (χ1n) is 8.51. The first-order valence-corrected chi connectivity index (χ1v) is 8.51. The monoisotopic (exact) mass is 396 g/mol. The molecule has 0 atom stereocenters. The van der Waals surface area contributed by atoms with Crippen LogP contribution in [-0.4, -0.2) is 29.8 Å². The second-order valence-corrected chi connectivity index (χ2v) is 6.58. The standard InChI is InChI=1S/C20H20F4N2O2/c1-12(2)26(3)19(28)14-6-4-13(5-7-14)11-25-18(27)15-8-9-17(21)16(10-15)20(22,23)24/h4-10,12H,11H2,1-3H3,(H,25,27). The van der Waals surface area contributed by atoms with Gasteiger partial charge in [-0.3, -0.25) is 9.59 Å². The zero-order valence-electron chi connectivity index (χ0n) is 15.6. The number of halogens is 4. The Balaban J connectivity index is 2.05. The molecule has 2 amide bonds. The van der Waals surface area contributed by atoms with E-state index in [1.54, 1.807) is 36.2 Å². The molecule has 8 heteroatoms. The van der Waals surface area contributed by atoms with Crippen LogP contribution in [-0.2, 0) is 12.7 Å². The molecule has 0 heterocycles. The van der Waals surface area contributed by atoms with Crippen molar-refractivity contribution < 1.29 is 27.2 Å². The summed E-state index contributed by atoms with van der Waals surface area (Å²) in [5.74, 6) is -2.34. The van der Waals surface area contributed by atoms with Crippen molar-refractivity contribution in [2.45, 2.75) is 32.6 Å². The summed E-state index contributed by atoms with van der Waals surface area (Å²) in [6.07, 6.45) is -4.88. The maximum absolute atomic E-state index is 13.3. The largest absolute Gasteiger partial charge is 0.419 e. The predicted octanol–water partition coefficient (Wildman–Crippen LogP) is 4.25. The van der Waals surface area contributed by atoms with Crippen LogP contribution in [0.3, 0.4) is 0 Å². The summed E-state index contributed by atoms with van der Waals surface area (Å²) >= 11 is 0. The third kappa shape index (κ3) is 5.09. The predicted molar refractivity (Wildman–Crippen MR) is 96.2 cm³/mol. The number of nitrogens with one attached hydrogen (secondary N) is 1. The number of alkyl halides is 3. The van der Waals surface area contributed by atoms with E-state index in [2.05, 4.69) is 5.32 Å². The summed E-state index contributed by atoms with van der Waals surface area (Å²) in [6, 6.07) is 8.65. The molecule has 0 fully saturated rings. The number of carbonyl (C=O) groups is 2. The molecule has 150 valence electrons. The first-order chi connectivity index (χ1) is 13.0. The van der Waals surface area contributed by atoms with Crippen LogP contribution in [0.4, 0.5) is 17.6 Å². The smallest absolute Gasteiger partial charge is 0.348 e. The van der Waals surface area contributed by atoms with E-state index in [0.717, 1.165) is 6.07 Å². The van der Waals surface area contributed by atoms with Gasteiger partial charge in [0.2, 0.25) is 0 Å². The van der Waals surface area contributed by atoms with Gasteiger partial charge in [0.15, 0.2) is 0 Å². The van der Waals surface area contributed by atoms with E-state index in [4.69, 9.17) is 0 Å². The van der Waals surface area contributed by atoms with Crippen LogP contribution in [0.1, 0.15) is 45.7 Å². The molecule has 0 saturated carbocycles. The van der Waals surface area contributed by atoms with Gasteiger partial charge in [0.05, 0.1) is 5.56 Å². The average molecular weight is 396 g/mol. The minimum atomic E-state index is -4.88. The number of hydrogen-bond donors (Lipinski definition) is 1. The van der Waals surface area contributed by atoms with Crippen molar-refractivity contribution in [2.24, 2.45) is 0 Å². The minimum Gasteiger partial charge on any atom is -0.348 e. The van der Waals surface area contributed by atoms with E-state index in [1.165, 1.54) is 0 Å². The number of nitrogens with zero attached hydrogens (tertiary/aromatic N) is 1. The minimum absolute atomic E-state index is 0.0452. The molecule has 0 aliphatic rings. The van der Waals surface area contributed by atoms with Gasteiger partial charge in [0.25, 0.3) is 11.8 Å². The second kappa shape index (κ2) is 8.41. The van der Waals surface area contributed by atoms with Gasteiger partial charge >= 0.3 is 6.18 Å². The van der Waals surface area contributed by atoms with Crippen molar-refractivity contribution >= 4 is 11.8 Å². The van der Waals surface area contributed by atoms with Crippen LogP contribution in [0, 0.1) is 5.82 Å². The third-order valence-corrected chi connectivity index (χ3v) is 4.28. The normalized spacial score (nSPS) is 11.4. The number of benzene rings is 2. The van der Waals surface area contributed by atoms with E-state index in [-0.39, 0.29) is 24.1 Å². The number of carbonyl (C=O) groups excluding carboxylic acids is 2. The molecule has 28 heavy (non-hydrogen) atoms. The van der Waals surface area contributed by atoms with Gasteiger partial charge in [-0.1, -0.05) is 12.1 Å². The lowest BCUT2D eigenvalue weighted by atomic mass is 10.1. The zero-order valence-corrected chi connectivity index (χ0v) is 15.6. The molecule has 4 nitrogen and oxygen atoms in total. The van der Waals surface area contributed by atoms with Crippen LogP contribution >= 0.6 is 0 Å². The van der Waals surface area contributed by atoms with Gasteiger partial charge < -0.3 is 10.2 Å². The summed E-state index contributed by atoms with van der Waals surface area (Å²) in [5.41, 5.74) is -0.633. The summed E-state index contributed by atoms with van der Waals surface area (Å²) in [4.78, 5) is 25.9. The fraction of sp³-hybridized carbons (Fsp3) is 0.300. The number of amides is 2. The summed E-state index contributed by atoms with van der Waals surface area (Å²) in [7, 11) is 1.69. The lowest BCUT2D eigenvalue weighted by molar-refractivity contribution is -0.140. The fourth-order valence-corrected chi connectivity index (χ4v) is 2.37. The van der Waals surface area contributed by atoms with Crippen LogP contribution in [0.5, 0.6) is 0 Å². The first kappa shape index (κ1) is 21.4. The lowest BCUT2D eigenvalue weighted by Gasteiger charge is -2.21. The summed E-state index contributed by atoms with van der Waals surface area (Å²) < 4.78 is 51.6. The van der Waals surface area contributed by atoms with E-state index < -0.39 is 23.5 Å². The highest BCUT2D eigenvalue weighted by Crippen LogP contribution is 2.31. The van der Waals surface area contributed by atoms with Crippen LogP contribution in [0.25, 0.3) is 0 Å². The van der Waals surface area contributed by atoms with Crippen molar-refractivity contribution in [1.29, 1.82) is 0 Å². The Labute approximate surface area is 160 Å². The Hall–Kier alpha value is -2.90. The highest BCUT2D eigenvalue weighted by molar-refractivity contribution is 5.95. The molecule has 2 aromatic carbocycles. The molecule has 0 unspecified atom stereocenters. The van der Waals surface area contributed by atoms with Gasteiger partial charge in [-0.25, -0.2) is 4.39 Å². The highest BCUT2D eigenvalue weighted by Gasteiger charge is 2.34. The maximum atomic E-state index is 13.3. The van der Waals surface area contributed by atoms with Gasteiger partial charge in [-0.15, -0.1) is 0 Å². The van der Waals surface area contributed by atoms with E-state index >= 15 is 0 Å². The Morgan fingerprint density at radius 2 is 1.61 bits per heavy atom. The van der Waals surface area contributed by atoms with Gasteiger partial charge in [0, 0.05) is 30.8 Å². The average Bonchev–Trinajstić information content (AvgIpc) is 2.64. The zero-order chi connectivity index (χ0) is 21.1. The molecular weight excluding hydrogens is 376 g/mol. The van der Waals surface area contributed by atoms with E-state index in [0.29, 0.717) is 23.3 Å². The molecule has 2 rings (SSSR count). The number of hydrogen-bond acceptors (Lipinski definition) is 2. The summed E-state index contributed by atoms with van der Waals surface area (Å²) in [6.45, 7) is 3.83. The van der Waals surface area contributed by atoms with Crippen LogP contribution in [0.2, 0.25) is 0 Å². The third-order valence-electron chi connectivity index (χ3n) is 4.28. The van der Waals surface area contributed by atoms with Crippen molar-refractivity contribution in [3.63, 3.8) is 0 Å².